The Morgan fingerprint density at radius 1 is 0.492 bits per heavy atom. The van der Waals surface area contributed by atoms with E-state index in [4.69, 9.17) is 4.74 Å². The smallest absolute Gasteiger partial charge is 0.306 e. The van der Waals surface area contributed by atoms with E-state index in [1.165, 1.54) is 173 Å². The molecule has 348 valence electrons. The van der Waals surface area contributed by atoms with Crippen LogP contribution >= 0.6 is 0 Å². The van der Waals surface area contributed by atoms with Crippen LogP contribution in [-0.4, -0.2) is 46.9 Å². The first-order chi connectivity index (χ1) is 29.0. The van der Waals surface area contributed by atoms with Gasteiger partial charge in [0, 0.05) is 6.42 Å². The van der Waals surface area contributed by atoms with Crippen LogP contribution in [0.4, 0.5) is 0 Å². The highest BCUT2D eigenvalue weighted by molar-refractivity contribution is 5.77. The number of carbonyl (C=O) groups is 2. The first kappa shape index (κ1) is 57.3. The molecule has 0 radical (unpaired) electrons. The Morgan fingerprint density at radius 2 is 0.864 bits per heavy atom. The van der Waals surface area contributed by atoms with E-state index in [0.717, 1.165) is 57.8 Å². The lowest BCUT2D eigenvalue weighted by molar-refractivity contribution is -0.151. The molecule has 0 aliphatic rings. The van der Waals surface area contributed by atoms with Crippen LogP contribution in [0.25, 0.3) is 0 Å². The molecule has 6 nitrogen and oxygen atoms in total. The SMILES string of the molecule is CCCCC/C=C\C/C=C\CCCCCCCCCC(=O)OC(CCCCCCCCCCCCCCC)CC(=O)NC(CO)C(O)CCCCCCCCCCCC. The minimum absolute atomic E-state index is 0.0798. The van der Waals surface area contributed by atoms with E-state index in [2.05, 4.69) is 50.4 Å². The lowest BCUT2D eigenvalue weighted by Crippen LogP contribution is -2.46. The largest absolute Gasteiger partial charge is 0.462 e. The number of amides is 1. The average molecular weight is 832 g/mol. The molecule has 0 spiro atoms. The number of hydrogen-bond donors (Lipinski definition) is 3. The summed E-state index contributed by atoms with van der Waals surface area (Å²) in [7, 11) is 0. The molecule has 0 fully saturated rings. The van der Waals surface area contributed by atoms with Crippen LogP contribution in [0.5, 0.6) is 0 Å². The second kappa shape index (κ2) is 47.4. The summed E-state index contributed by atoms with van der Waals surface area (Å²) in [6.45, 7) is 6.46. The molecule has 0 saturated heterocycles. The fraction of sp³-hybridized carbons (Fsp3) is 0.887. The third-order valence-electron chi connectivity index (χ3n) is 12.0. The molecule has 0 aliphatic carbocycles. The standard InChI is InChI=1S/C53H101NO5/c1-4-7-10-13-16-19-22-24-25-26-27-29-31-34-37-40-43-46-53(58)59-49(44-41-38-35-32-30-28-23-20-17-14-11-8-5-2)47-52(57)54-50(48-55)51(56)45-42-39-36-33-21-18-15-12-9-6-3/h16,19,24-25,49-51,55-56H,4-15,17-18,20-23,26-48H2,1-3H3,(H,54,57)/b19-16-,25-24-. The third-order valence-corrected chi connectivity index (χ3v) is 12.0. The third kappa shape index (κ3) is 42.8. The molecule has 0 heterocycles. The van der Waals surface area contributed by atoms with E-state index in [0.29, 0.717) is 19.3 Å². The predicted molar refractivity (Wildman–Crippen MR) is 255 cm³/mol. The van der Waals surface area contributed by atoms with Gasteiger partial charge in [-0.1, -0.05) is 231 Å². The second-order valence-electron chi connectivity index (χ2n) is 17.9. The highest BCUT2D eigenvalue weighted by Crippen LogP contribution is 2.18. The number of hydrogen-bond acceptors (Lipinski definition) is 5. The zero-order valence-corrected chi connectivity index (χ0v) is 39.7. The lowest BCUT2D eigenvalue weighted by Gasteiger charge is -2.24. The summed E-state index contributed by atoms with van der Waals surface area (Å²) in [6, 6.07) is -0.697. The van der Waals surface area contributed by atoms with Gasteiger partial charge in [-0.25, -0.2) is 0 Å². The Kier molecular flexibility index (Phi) is 46.1. The number of esters is 1. The molecule has 6 heteroatoms. The molecule has 0 aromatic heterocycles. The summed E-state index contributed by atoms with van der Waals surface area (Å²) in [4.78, 5) is 26.1. The maximum atomic E-state index is 13.2. The van der Waals surface area contributed by atoms with Gasteiger partial charge in [-0.3, -0.25) is 9.59 Å². The van der Waals surface area contributed by atoms with Crippen molar-refractivity contribution in [2.24, 2.45) is 0 Å². The second-order valence-corrected chi connectivity index (χ2v) is 17.9. The van der Waals surface area contributed by atoms with Crippen molar-refractivity contribution in [2.75, 3.05) is 6.61 Å². The van der Waals surface area contributed by atoms with Gasteiger partial charge in [0.1, 0.15) is 6.10 Å². The molecule has 0 aliphatic heterocycles. The van der Waals surface area contributed by atoms with Crippen molar-refractivity contribution in [1.29, 1.82) is 0 Å². The van der Waals surface area contributed by atoms with Crippen molar-refractivity contribution in [3.05, 3.63) is 24.3 Å². The van der Waals surface area contributed by atoms with Crippen LogP contribution in [0.1, 0.15) is 278 Å². The van der Waals surface area contributed by atoms with Gasteiger partial charge in [0.05, 0.1) is 25.2 Å². The van der Waals surface area contributed by atoms with Gasteiger partial charge in [0.25, 0.3) is 0 Å². The van der Waals surface area contributed by atoms with Crippen molar-refractivity contribution >= 4 is 11.9 Å². The van der Waals surface area contributed by atoms with E-state index >= 15 is 0 Å². The minimum atomic E-state index is -0.783. The average Bonchev–Trinajstić information content (AvgIpc) is 3.23. The predicted octanol–water partition coefficient (Wildman–Crippen LogP) is 15.5. The quantitative estimate of drug-likeness (QED) is 0.0322. The van der Waals surface area contributed by atoms with Gasteiger partial charge in [0.15, 0.2) is 0 Å². The summed E-state index contributed by atoms with van der Waals surface area (Å²) in [6.07, 6.45) is 53.8. The van der Waals surface area contributed by atoms with Gasteiger partial charge in [0.2, 0.25) is 5.91 Å². The van der Waals surface area contributed by atoms with Crippen molar-refractivity contribution in [3.63, 3.8) is 0 Å². The summed E-state index contributed by atoms with van der Waals surface area (Å²) in [5, 5.41) is 23.7. The number of unbranched alkanes of at least 4 members (excludes halogenated alkanes) is 31. The number of allylic oxidation sites excluding steroid dienone is 4. The molecule has 0 bridgehead atoms. The van der Waals surface area contributed by atoms with E-state index in [1.54, 1.807) is 0 Å². The Labute approximate surface area is 367 Å². The molecule has 3 atom stereocenters. The minimum Gasteiger partial charge on any atom is -0.462 e. The molecule has 0 rings (SSSR count). The van der Waals surface area contributed by atoms with Crippen LogP contribution in [0.3, 0.4) is 0 Å². The number of aliphatic hydroxyl groups is 2. The van der Waals surface area contributed by atoms with Gasteiger partial charge in [-0.05, 0) is 57.8 Å². The van der Waals surface area contributed by atoms with Gasteiger partial charge < -0.3 is 20.3 Å². The Hall–Kier alpha value is -1.66. The summed E-state index contributed by atoms with van der Waals surface area (Å²) in [5.74, 6) is -0.469. The first-order valence-corrected chi connectivity index (χ1v) is 26.1. The Bertz CT molecular complexity index is 935. The van der Waals surface area contributed by atoms with Crippen LogP contribution in [-0.2, 0) is 14.3 Å². The van der Waals surface area contributed by atoms with Gasteiger partial charge >= 0.3 is 5.97 Å². The molecule has 3 N–H and O–H groups in total. The Morgan fingerprint density at radius 3 is 1.32 bits per heavy atom. The van der Waals surface area contributed by atoms with Crippen molar-refractivity contribution in [3.8, 4) is 0 Å². The highest BCUT2D eigenvalue weighted by Gasteiger charge is 2.24. The van der Waals surface area contributed by atoms with E-state index < -0.39 is 18.2 Å². The van der Waals surface area contributed by atoms with Crippen molar-refractivity contribution < 1.29 is 24.5 Å². The van der Waals surface area contributed by atoms with Crippen LogP contribution < -0.4 is 5.32 Å². The van der Waals surface area contributed by atoms with Crippen LogP contribution in [0, 0.1) is 0 Å². The van der Waals surface area contributed by atoms with Crippen molar-refractivity contribution in [1.82, 2.24) is 5.32 Å². The molecule has 0 saturated carbocycles. The normalized spacial score (nSPS) is 13.4. The molecule has 0 aromatic rings. The number of carbonyl (C=O) groups excluding carboxylic acids is 2. The topological polar surface area (TPSA) is 95.9 Å². The number of aliphatic hydroxyl groups excluding tert-OH is 2. The van der Waals surface area contributed by atoms with E-state index in [1.807, 2.05) is 0 Å². The highest BCUT2D eigenvalue weighted by atomic mass is 16.5. The summed E-state index contributed by atoms with van der Waals surface area (Å²) >= 11 is 0. The van der Waals surface area contributed by atoms with Gasteiger partial charge in [-0.15, -0.1) is 0 Å². The van der Waals surface area contributed by atoms with Crippen LogP contribution in [0.15, 0.2) is 24.3 Å². The maximum absolute atomic E-state index is 13.2. The molecule has 59 heavy (non-hydrogen) atoms. The fourth-order valence-corrected chi connectivity index (χ4v) is 8.05. The molecule has 0 aromatic carbocycles. The molecular weight excluding hydrogens is 731 g/mol. The van der Waals surface area contributed by atoms with Crippen LogP contribution in [0.2, 0.25) is 0 Å². The Balaban J connectivity index is 4.53. The number of rotatable bonds is 47. The molecule has 1 amide bonds. The maximum Gasteiger partial charge on any atom is 0.306 e. The molecule has 3 unspecified atom stereocenters. The number of nitrogens with one attached hydrogen (secondary N) is 1. The first-order valence-electron chi connectivity index (χ1n) is 26.1. The summed E-state index contributed by atoms with van der Waals surface area (Å²) in [5.41, 5.74) is 0. The van der Waals surface area contributed by atoms with Crippen molar-refractivity contribution in [2.45, 2.75) is 296 Å². The summed E-state index contributed by atoms with van der Waals surface area (Å²) < 4.78 is 5.94. The monoisotopic (exact) mass is 832 g/mol. The van der Waals surface area contributed by atoms with Gasteiger partial charge in [-0.2, -0.15) is 0 Å². The zero-order chi connectivity index (χ0) is 43.1. The van der Waals surface area contributed by atoms with E-state index in [-0.39, 0.29) is 24.9 Å². The van der Waals surface area contributed by atoms with E-state index in [9.17, 15) is 19.8 Å². The lowest BCUT2D eigenvalue weighted by atomic mass is 10.0. The molecular formula is C53H101NO5. The zero-order valence-electron chi connectivity index (χ0n) is 39.7. The number of ether oxygens (including phenoxy) is 1. The fourth-order valence-electron chi connectivity index (χ4n) is 8.05.